The number of aliphatic hydroxyl groups is 1. The van der Waals surface area contributed by atoms with Gasteiger partial charge >= 0.3 is 0 Å². The highest BCUT2D eigenvalue weighted by Gasteiger charge is 2.41. The predicted molar refractivity (Wildman–Crippen MR) is 67.8 cm³/mol. The Labute approximate surface area is 102 Å². The summed E-state index contributed by atoms with van der Waals surface area (Å²) in [6, 6.07) is 8.01. The van der Waals surface area contributed by atoms with Crippen LogP contribution >= 0.6 is 0 Å². The van der Waals surface area contributed by atoms with Crippen LogP contribution in [0.3, 0.4) is 0 Å². The number of rotatable bonds is 5. The van der Waals surface area contributed by atoms with Gasteiger partial charge in [-0.2, -0.15) is 5.26 Å². The van der Waals surface area contributed by atoms with Crippen LogP contribution in [0.4, 0.5) is 5.69 Å². The molecule has 17 heavy (non-hydrogen) atoms. The molecular formula is C14H18N2O. The van der Waals surface area contributed by atoms with E-state index in [0.29, 0.717) is 5.56 Å². The van der Waals surface area contributed by atoms with Crippen molar-refractivity contribution in [1.29, 1.82) is 5.26 Å². The van der Waals surface area contributed by atoms with E-state index < -0.39 is 0 Å². The molecular weight excluding hydrogens is 212 g/mol. The van der Waals surface area contributed by atoms with Gasteiger partial charge in [-0.3, -0.25) is 0 Å². The van der Waals surface area contributed by atoms with Crippen molar-refractivity contribution in [2.75, 3.05) is 18.5 Å². The van der Waals surface area contributed by atoms with Crippen molar-refractivity contribution in [3.63, 3.8) is 0 Å². The fourth-order valence-corrected chi connectivity index (χ4v) is 2.11. The molecule has 1 aromatic rings. The number of hydrogen-bond donors (Lipinski definition) is 2. The van der Waals surface area contributed by atoms with Gasteiger partial charge in [0.05, 0.1) is 11.3 Å². The van der Waals surface area contributed by atoms with Crippen LogP contribution in [0.15, 0.2) is 18.2 Å². The molecule has 90 valence electrons. The van der Waals surface area contributed by atoms with Crippen molar-refractivity contribution in [3.05, 3.63) is 29.3 Å². The summed E-state index contributed by atoms with van der Waals surface area (Å²) in [5.41, 5.74) is 3.02. The van der Waals surface area contributed by atoms with E-state index in [2.05, 4.69) is 11.4 Å². The van der Waals surface area contributed by atoms with Gasteiger partial charge in [-0.1, -0.05) is 6.07 Å². The molecule has 0 aromatic heterocycles. The minimum Gasteiger partial charge on any atom is -0.396 e. The van der Waals surface area contributed by atoms with E-state index in [1.165, 1.54) is 12.8 Å². The second kappa shape index (κ2) is 4.77. The van der Waals surface area contributed by atoms with Crippen molar-refractivity contribution in [2.24, 2.45) is 5.41 Å². The molecule has 0 unspecified atom stereocenters. The van der Waals surface area contributed by atoms with Crippen molar-refractivity contribution < 1.29 is 5.11 Å². The van der Waals surface area contributed by atoms with Gasteiger partial charge in [-0.05, 0) is 49.3 Å². The lowest BCUT2D eigenvalue weighted by atomic mass is 10.0. The zero-order valence-corrected chi connectivity index (χ0v) is 10.2. The van der Waals surface area contributed by atoms with E-state index in [9.17, 15) is 0 Å². The number of aryl methyl sites for hydroxylation is 1. The van der Waals surface area contributed by atoms with Crippen molar-refractivity contribution in [3.8, 4) is 6.07 Å². The molecule has 0 heterocycles. The average molecular weight is 230 g/mol. The Morgan fingerprint density at radius 3 is 2.82 bits per heavy atom. The van der Waals surface area contributed by atoms with Crippen LogP contribution in [0.5, 0.6) is 0 Å². The molecule has 0 saturated heterocycles. The van der Waals surface area contributed by atoms with Gasteiger partial charge < -0.3 is 10.4 Å². The van der Waals surface area contributed by atoms with Gasteiger partial charge in [0.2, 0.25) is 0 Å². The van der Waals surface area contributed by atoms with Gasteiger partial charge in [0, 0.05) is 13.2 Å². The first-order chi connectivity index (χ1) is 8.19. The Morgan fingerprint density at radius 1 is 1.47 bits per heavy atom. The van der Waals surface area contributed by atoms with E-state index in [-0.39, 0.29) is 12.0 Å². The van der Waals surface area contributed by atoms with Crippen molar-refractivity contribution in [2.45, 2.75) is 26.2 Å². The highest BCUT2D eigenvalue weighted by Crippen LogP contribution is 2.48. The number of benzene rings is 1. The highest BCUT2D eigenvalue weighted by molar-refractivity contribution is 5.59. The second-order valence-corrected chi connectivity index (χ2v) is 4.99. The molecule has 3 nitrogen and oxygen atoms in total. The maximum Gasteiger partial charge on any atom is 0.101 e. The lowest BCUT2D eigenvalue weighted by Gasteiger charge is -2.16. The average Bonchev–Trinajstić information content (AvgIpc) is 3.08. The molecule has 1 aliphatic rings. The largest absolute Gasteiger partial charge is 0.396 e. The molecule has 1 aromatic carbocycles. The van der Waals surface area contributed by atoms with Crippen LogP contribution in [0.25, 0.3) is 0 Å². The molecule has 1 aliphatic carbocycles. The Balaban J connectivity index is 2.04. The van der Waals surface area contributed by atoms with Gasteiger partial charge in [-0.15, -0.1) is 0 Å². The number of nitrogens with zero attached hydrogens (tertiary/aromatic N) is 1. The van der Waals surface area contributed by atoms with Gasteiger partial charge in [-0.25, -0.2) is 0 Å². The third-order valence-corrected chi connectivity index (χ3v) is 3.55. The lowest BCUT2D eigenvalue weighted by molar-refractivity contribution is 0.253. The van der Waals surface area contributed by atoms with E-state index >= 15 is 0 Å². The van der Waals surface area contributed by atoms with Gasteiger partial charge in [0.1, 0.15) is 6.07 Å². The number of nitrogens with one attached hydrogen (secondary N) is 1. The minimum absolute atomic E-state index is 0.251. The summed E-state index contributed by atoms with van der Waals surface area (Å²) < 4.78 is 0. The first-order valence-electron chi connectivity index (χ1n) is 6.05. The smallest absolute Gasteiger partial charge is 0.101 e. The molecule has 0 bridgehead atoms. The SMILES string of the molecule is Cc1ccc(C#N)c(NCC2(CCO)CC2)c1. The predicted octanol–water partition coefficient (Wildman–Crippen LogP) is 2.44. The zero-order chi connectivity index (χ0) is 12.3. The molecule has 0 spiro atoms. The monoisotopic (exact) mass is 230 g/mol. The summed E-state index contributed by atoms with van der Waals surface area (Å²) in [6.07, 6.45) is 3.20. The molecule has 1 saturated carbocycles. The summed E-state index contributed by atoms with van der Waals surface area (Å²) in [5, 5.41) is 21.4. The standard InChI is InChI=1S/C14H18N2O/c1-11-2-3-12(9-15)13(8-11)16-10-14(4-5-14)6-7-17/h2-3,8,16-17H,4-7,10H2,1H3. The summed E-state index contributed by atoms with van der Waals surface area (Å²) in [4.78, 5) is 0. The molecule has 0 atom stereocenters. The number of nitriles is 1. The summed E-state index contributed by atoms with van der Waals surface area (Å²) >= 11 is 0. The lowest BCUT2D eigenvalue weighted by Crippen LogP contribution is -2.17. The quantitative estimate of drug-likeness (QED) is 0.816. The fraction of sp³-hybridized carbons (Fsp3) is 0.500. The van der Waals surface area contributed by atoms with Crippen molar-refractivity contribution >= 4 is 5.69 Å². The van der Waals surface area contributed by atoms with Crippen LogP contribution in [0.1, 0.15) is 30.4 Å². The maximum atomic E-state index is 9.03. The van der Waals surface area contributed by atoms with Crippen molar-refractivity contribution in [1.82, 2.24) is 0 Å². The Morgan fingerprint density at radius 2 is 2.24 bits per heavy atom. The summed E-state index contributed by atoms with van der Waals surface area (Å²) in [6.45, 7) is 3.12. The van der Waals surface area contributed by atoms with Crippen LogP contribution in [0, 0.1) is 23.7 Å². The van der Waals surface area contributed by atoms with E-state index in [4.69, 9.17) is 10.4 Å². The second-order valence-electron chi connectivity index (χ2n) is 4.99. The molecule has 0 amide bonds. The summed E-state index contributed by atoms with van der Waals surface area (Å²) in [5.74, 6) is 0. The number of hydrogen-bond acceptors (Lipinski definition) is 3. The third kappa shape index (κ3) is 2.78. The molecule has 0 aliphatic heterocycles. The Bertz CT molecular complexity index is 444. The number of anilines is 1. The number of aliphatic hydroxyl groups excluding tert-OH is 1. The first-order valence-corrected chi connectivity index (χ1v) is 6.05. The zero-order valence-electron chi connectivity index (χ0n) is 10.2. The first kappa shape index (κ1) is 11.9. The Kier molecular flexibility index (Phi) is 3.35. The molecule has 2 rings (SSSR count). The van der Waals surface area contributed by atoms with E-state index in [1.807, 2.05) is 25.1 Å². The molecule has 2 N–H and O–H groups in total. The van der Waals surface area contributed by atoms with Crippen LogP contribution < -0.4 is 5.32 Å². The highest BCUT2D eigenvalue weighted by atomic mass is 16.3. The molecule has 0 radical (unpaired) electrons. The molecule has 3 heteroatoms. The van der Waals surface area contributed by atoms with Crippen LogP contribution in [-0.4, -0.2) is 18.3 Å². The van der Waals surface area contributed by atoms with Crippen LogP contribution in [0.2, 0.25) is 0 Å². The topological polar surface area (TPSA) is 56.0 Å². The van der Waals surface area contributed by atoms with E-state index in [0.717, 1.165) is 24.2 Å². The third-order valence-electron chi connectivity index (χ3n) is 3.55. The normalized spacial score (nSPS) is 16.3. The van der Waals surface area contributed by atoms with Gasteiger partial charge in [0.25, 0.3) is 0 Å². The van der Waals surface area contributed by atoms with E-state index in [1.54, 1.807) is 0 Å². The Hall–Kier alpha value is -1.53. The van der Waals surface area contributed by atoms with Crippen LogP contribution in [-0.2, 0) is 0 Å². The minimum atomic E-state index is 0.251. The maximum absolute atomic E-state index is 9.03. The summed E-state index contributed by atoms with van der Waals surface area (Å²) in [7, 11) is 0. The molecule has 1 fully saturated rings. The fourth-order valence-electron chi connectivity index (χ4n) is 2.11. The van der Waals surface area contributed by atoms with Gasteiger partial charge in [0.15, 0.2) is 0 Å².